The van der Waals surface area contributed by atoms with Crippen LogP contribution in [0, 0.1) is 6.92 Å². The second-order valence-electron chi connectivity index (χ2n) is 6.06. The van der Waals surface area contributed by atoms with Gasteiger partial charge >= 0.3 is 11.9 Å². The summed E-state index contributed by atoms with van der Waals surface area (Å²) in [6, 6.07) is 5.34. The molecule has 2 heterocycles. The number of hydrogen-bond acceptors (Lipinski definition) is 4. The summed E-state index contributed by atoms with van der Waals surface area (Å²) >= 11 is 0. The van der Waals surface area contributed by atoms with Crippen molar-refractivity contribution in [1.82, 2.24) is 24.3 Å². The van der Waals surface area contributed by atoms with Crippen LogP contribution in [0.3, 0.4) is 0 Å². The van der Waals surface area contributed by atoms with Gasteiger partial charge in [0, 0.05) is 18.8 Å². The van der Waals surface area contributed by atoms with E-state index in [0.717, 1.165) is 21.5 Å². The van der Waals surface area contributed by atoms with Crippen LogP contribution in [0.25, 0.3) is 11.4 Å². The lowest BCUT2D eigenvalue weighted by Crippen LogP contribution is -2.24. The summed E-state index contributed by atoms with van der Waals surface area (Å²) < 4.78 is 66.6. The van der Waals surface area contributed by atoms with Crippen LogP contribution < -0.4 is 5.69 Å². The van der Waals surface area contributed by atoms with E-state index in [2.05, 4.69) is 15.1 Å². The summed E-state index contributed by atoms with van der Waals surface area (Å²) in [7, 11) is 1.25. The highest BCUT2D eigenvalue weighted by atomic mass is 19.4. The summed E-state index contributed by atoms with van der Waals surface area (Å²) in [6.07, 6.45) is -6.59. The van der Waals surface area contributed by atoms with E-state index in [1.54, 1.807) is 13.0 Å². The Labute approximate surface area is 155 Å². The summed E-state index contributed by atoms with van der Waals surface area (Å²) in [5.74, 6) is -0.851. The van der Waals surface area contributed by atoms with Gasteiger partial charge in [-0.1, -0.05) is 12.1 Å². The first-order valence-electron chi connectivity index (χ1n) is 8.00. The van der Waals surface area contributed by atoms with Gasteiger partial charge < -0.3 is 0 Å². The number of rotatable bonds is 4. The van der Waals surface area contributed by atoms with E-state index >= 15 is 0 Å². The molecule has 0 aliphatic carbocycles. The first-order chi connectivity index (χ1) is 13.1. The van der Waals surface area contributed by atoms with E-state index in [-0.39, 0.29) is 17.9 Å². The fourth-order valence-corrected chi connectivity index (χ4v) is 2.64. The van der Waals surface area contributed by atoms with Crippen LogP contribution in [0.15, 0.2) is 35.3 Å². The molecule has 0 radical (unpaired) electrons. The number of hydrogen-bond donors (Lipinski definition) is 0. The van der Waals surface area contributed by atoms with Crippen LogP contribution in [0.1, 0.15) is 29.1 Å². The van der Waals surface area contributed by atoms with Crippen molar-refractivity contribution in [3.05, 3.63) is 63.6 Å². The molecule has 6 nitrogen and oxygen atoms in total. The zero-order chi connectivity index (χ0) is 20.6. The quantitative estimate of drug-likeness (QED) is 0.631. The van der Waals surface area contributed by atoms with E-state index in [4.69, 9.17) is 0 Å². The summed E-state index contributed by atoms with van der Waals surface area (Å²) in [5, 5.41) is 3.52. The summed E-state index contributed by atoms with van der Waals surface area (Å²) in [4.78, 5) is 19.5. The highest BCUT2D eigenvalue weighted by Gasteiger charge is 2.32. The lowest BCUT2D eigenvalue weighted by Gasteiger charge is -2.11. The smallest absolute Gasteiger partial charge is 0.270 e. The van der Waals surface area contributed by atoms with Crippen molar-refractivity contribution in [3.8, 4) is 11.4 Å². The normalized spacial score (nSPS) is 12.0. The molecule has 0 fully saturated rings. The molecule has 0 amide bonds. The molecule has 3 aromatic rings. The maximum atomic E-state index is 13.2. The van der Waals surface area contributed by atoms with Gasteiger partial charge in [0.2, 0.25) is 5.82 Å². The molecule has 0 N–H and O–H groups in total. The molecule has 0 aliphatic rings. The van der Waals surface area contributed by atoms with Crippen molar-refractivity contribution in [2.45, 2.75) is 26.1 Å². The molecule has 2 aromatic heterocycles. The Balaban J connectivity index is 2.04. The van der Waals surface area contributed by atoms with Gasteiger partial charge in [-0.05, 0) is 30.2 Å². The summed E-state index contributed by atoms with van der Waals surface area (Å²) in [6.45, 7) is 1.47. The van der Waals surface area contributed by atoms with Gasteiger partial charge in [0.1, 0.15) is 5.69 Å². The number of benzene rings is 1. The van der Waals surface area contributed by atoms with Crippen molar-refractivity contribution in [2.75, 3.05) is 0 Å². The molecule has 0 atom stereocenters. The van der Waals surface area contributed by atoms with Crippen molar-refractivity contribution < 1.29 is 22.0 Å². The Hall–Kier alpha value is -3.11. The van der Waals surface area contributed by atoms with Gasteiger partial charge in [-0.3, -0.25) is 4.57 Å². The Morgan fingerprint density at radius 1 is 1.18 bits per heavy atom. The van der Waals surface area contributed by atoms with Gasteiger partial charge in [0.15, 0.2) is 5.82 Å². The van der Waals surface area contributed by atoms with E-state index in [1.807, 2.05) is 0 Å². The third kappa shape index (κ3) is 3.78. The van der Waals surface area contributed by atoms with Gasteiger partial charge in [0.05, 0.1) is 6.54 Å². The molecule has 0 saturated carbocycles. The Morgan fingerprint density at radius 3 is 2.54 bits per heavy atom. The topological polar surface area (TPSA) is 65.6 Å². The van der Waals surface area contributed by atoms with E-state index < -0.39 is 29.8 Å². The molecule has 28 heavy (non-hydrogen) atoms. The van der Waals surface area contributed by atoms with Crippen molar-refractivity contribution in [1.29, 1.82) is 0 Å². The number of aromatic nitrogens is 5. The number of alkyl halides is 5. The van der Waals surface area contributed by atoms with Gasteiger partial charge in [0.25, 0.3) is 6.43 Å². The lowest BCUT2D eigenvalue weighted by atomic mass is 10.0. The van der Waals surface area contributed by atoms with Gasteiger partial charge in [-0.25, -0.2) is 28.2 Å². The number of aryl methyl sites for hydroxylation is 2. The van der Waals surface area contributed by atoms with E-state index in [1.165, 1.54) is 19.2 Å². The maximum Gasteiger partial charge on any atom is 0.433 e. The molecular weight excluding hydrogens is 385 g/mol. The Bertz CT molecular complexity index is 1070. The molecular formula is C17H14F5N5O. The van der Waals surface area contributed by atoms with Crippen LogP contribution >= 0.6 is 0 Å². The minimum Gasteiger partial charge on any atom is -0.270 e. The van der Waals surface area contributed by atoms with Crippen LogP contribution in [-0.2, 0) is 19.8 Å². The average molecular weight is 399 g/mol. The van der Waals surface area contributed by atoms with Crippen LogP contribution in [0.4, 0.5) is 22.0 Å². The van der Waals surface area contributed by atoms with Crippen LogP contribution in [0.2, 0.25) is 0 Å². The van der Waals surface area contributed by atoms with Crippen LogP contribution in [0.5, 0.6) is 0 Å². The summed E-state index contributed by atoms with van der Waals surface area (Å²) in [5.41, 5.74) is -0.442. The fraction of sp³-hybridized carbons (Fsp3) is 0.294. The first-order valence-corrected chi connectivity index (χ1v) is 8.00. The van der Waals surface area contributed by atoms with Crippen LogP contribution in [-0.4, -0.2) is 24.3 Å². The molecule has 148 valence electrons. The standard InChI is InChI=1S/C17H14F5N5O/c1-9-3-4-10(14-23-6-5-12(24-14)17(20,21)22)7-11(9)8-27-15(13(18)19)25-26(2)16(27)28/h3-7,13H,8H2,1-2H3. The molecule has 0 aliphatic heterocycles. The molecule has 0 spiro atoms. The average Bonchev–Trinajstić information content (AvgIpc) is 2.91. The Morgan fingerprint density at radius 2 is 1.89 bits per heavy atom. The molecule has 11 heteroatoms. The van der Waals surface area contributed by atoms with Gasteiger partial charge in [-0.15, -0.1) is 5.10 Å². The second-order valence-corrected chi connectivity index (χ2v) is 6.06. The van der Waals surface area contributed by atoms with Gasteiger partial charge in [-0.2, -0.15) is 13.2 Å². The zero-order valence-corrected chi connectivity index (χ0v) is 14.7. The molecule has 3 rings (SSSR count). The minimum atomic E-state index is -4.62. The van der Waals surface area contributed by atoms with E-state index in [9.17, 15) is 26.7 Å². The second kappa shape index (κ2) is 7.13. The predicted molar refractivity (Wildman–Crippen MR) is 88.7 cm³/mol. The lowest BCUT2D eigenvalue weighted by molar-refractivity contribution is -0.141. The number of nitrogens with zero attached hydrogens (tertiary/aromatic N) is 5. The molecule has 0 unspecified atom stereocenters. The monoisotopic (exact) mass is 399 g/mol. The van der Waals surface area contributed by atoms with Crippen molar-refractivity contribution in [3.63, 3.8) is 0 Å². The SMILES string of the molecule is Cc1ccc(-c2nccc(C(F)(F)F)n2)cc1Cn1c(C(F)F)nn(C)c1=O. The first kappa shape index (κ1) is 19.6. The highest BCUT2D eigenvalue weighted by Crippen LogP contribution is 2.29. The maximum absolute atomic E-state index is 13.2. The molecule has 0 saturated heterocycles. The number of halogens is 5. The highest BCUT2D eigenvalue weighted by molar-refractivity contribution is 5.57. The third-order valence-corrected chi connectivity index (χ3v) is 4.11. The van der Waals surface area contributed by atoms with Crippen molar-refractivity contribution in [2.24, 2.45) is 7.05 Å². The fourth-order valence-electron chi connectivity index (χ4n) is 2.64. The van der Waals surface area contributed by atoms with Crippen molar-refractivity contribution >= 4 is 0 Å². The molecule has 0 bridgehead atoms. The predicted octanol–water partition coefficient (Wildman–Crippen LogP) is 3.35. The largest absolute Gasteiger partial charge is 0.433 e. The zero-order valence-electron chi connectivity index (χ0n) is 14.7. The minimum absolute atomic E-state index is 0.163. The molecule has 1 aromatic carbocycles. The van der Waals surface area contributed by atoms with E-state index in [0.29, 0.717) is 11.1 Å². The third-order valence-electron chi connectivity index (χ3n) is 4.11. The Kier molecular flexibility index (Phi) is 5.01.